The molecule has 0 spiro atoms. The molecule has 5 N–H and O–H groups in total. The van der Waals surface area contributed by atoms with Crippen molar-refractivity contribution in [3.05, 3.63) is 126 Å². The fourth-order valence-corrected chi connectivity index (χ4v) is 8.02. The van der Waals surface area contributed by atoms with Gasteiger partial charge < -0.3 is 35.2 Å². The Bertz CT molecular complexity index is 2320. The summed E-state index contributed by atoms with van der Waals surface area (Å²) in [5.74, 6) is -2.52. The first-order valence-corrected chi connectivity index (χ1v) is 19.8. The van der Waals surface area contributed by atoms with Crippen molar-refractivity contribution in [3.8, 4) is 11.1 Å². The Hall–Kier alpha value is -5.69. The minimum Gasteiger partial charge on any atom is -0.351 e. The standard InChI is InChI=1S/C41H40F2N5O7P/c1-25(26-8-4-2-5-9-26)39(51)47-21-20-32-17-19-36(38(50)44-31-15-12-28(13-16-31)27-10-6-3-7-11-27)48(32)40(52)35(24-47)46-37(49)34-23-29-22-30(14-18-33(29)45-34)41(42,43)56(53,54)55/h2-16,18,22-23,25,32,35-36,45H,17,19-21,24H2,1H3,(H,44,50)(H,46,49)(H2,53,54,55)/t25-,32+,35?,36-/m0/s1. The smallest absolute Gasteiger partial charge is 0.351 e. The number of halogens is 2. The molecule has 56 heavy (non-hydrogen) atoms. The summed E-state index contributed by atoms with van der Waals surface area (Å²) >= 11 is 0. The van der Waals surface area contributed by atoms with Crippen LogP contribution < -0.4 is 10.6 Å². The summed E-state index contributed by atoms with van der Waals surface area (Å²) in [6, 6.07) is 27.9. The highest BCUT2D eigenvalue weighted by Crippen LogP contribution is 2.59. The van der Waals surface area contributed by atoms with E-state index in [0.29, 0.717) is 24.9 Å². The molecule has 0 aliphatic carbocycles. The van der Waals surface area contributed by atoms with Gasteiger partial charge in [0.25, 0.3) is 5.91 Å². The number of amides is 4. The second-order valence-electron chi connectivity index (χ2n) is 14.2. The van der Waals surface area contributed by atoms with Crippen LogP contribution in [0.15, 0.2) is 109 Å². The summed E-state index contributed by atoms with van der Waals surface area (Å²) in [5, 5.41) is 5.75. The molecule has 2 saturated heterocycles. The maximum absolute atomic E-state index is 14.6. The molecule has 1 aromatic heterocycles. The van der Waals surface area contributed by atoms with E-state index in [9.17, 15) is 42.3 Å². The number of hydrogen-bond acceptors (Lipinski definition) is 5. The molecule has 4 atom stereocenters. The van der Waals surface area contributed by atoms with Crippen LogP contribution >= 0.6 is 7.60 Å². The van der Waals surface area contributed by atoms with E-state index in [-0.39, 0.29) is 41.5 Å². The number of aromatic amines is 1. The quantitative estimate of drug-likeness (QED) is 0.111. The Morgan fingerprint density at radius 2 is 1.54 bits per heavy atom. The van der Waals surface area contributed by atoms with Crippen molar-refractivity contribution < 1.29 is 42.3 Å². The third kappa shape index (κ3) is 7.73. The van der Waals surface area contributed by atoms with Gasteiger partial charge in [-0.15, -0.1) is 0 Å². The van der Waals surface area contributed by atoms with Crippen molar-refractivity contribution in [3.63, 3.8) is 0 Å². The normalized spacial score (nSPS) is 19.5. The van der Waals surface area contributed by atoms with E-state index in [4.69, 9.17) is 0 Å². The van der Waals surface area contributed by atoms with Crippen LogP contribution in [-0.4, -0.2) is 79.4 Å². The fraction of sp³-hybridized carbons (Fsp3) is 0.268. The highest BCUT2D eigenvalue weighted by Gasteiger charge is 2.50. The predicted molar refractivity (Wildman–Crippen MR) is 206 cm³/mol. The van der Waals surface area contributed by atoms with Gasteiger partial charge in [-0.3, -0.25) is 23.7 Å². The van der Waals surface area contributed by atoms with Crippen molar-refractivity contribution in [2.24, 2.45) is 0 Å². The molecule has 12 nitrogen and oxygen atoms in total. The second-order valence-corrected chi connectivity index (χ2v) is 15.9. The van der Waals surface area contributed by atoms with Gasteiger partial charge in [0.05, 0.1) is 5.92 Å². The number of rotatable bonds is 9. The van der Waals surface area contributed by atoms with Crippen LogP contribution in [0.25, 0.3) is 22.0 Å². The van der Waals surface area contributed by atoms with Gasteiger partial charge in [0, 0.05) is 41.3 Å². The van der Waals surface area contributed by atoms with Crippen molar-refractivity contribution in [2.75, 3.05) is 18.4 Å². The molecule has 5 aromatic rings. The van der Waals surface area contributed by atoms with E-state index in [2.05, 4.69) is 15.6 Å². The zero-order chi connectivity index (χ0) is 39.8. The maximum atomic E-state index is 14.6. The number of alkyl halides is 2. The molecule has 290 valence electrons. The number of benzene rings is 4. The summed E-state index contributed by atoms with van der Waals surface area (Å²) < 4.78 is 40.5. The van der Waals surface area contributed by atoms with E-state index in [1.54, 1.807) is 24.0 Å². The molecule has 1 unspecified atom stereocenters. The number of nitrogens with zero attached hydrogens (tertiary/aromatic N) is 2. The van der Waals surface area contributed by atoms with Crippen LogP contribution in [0, 0.1) is 0 Å². The van der Waals surface area contributed by atoms with Crippen LogP contribution in [-0.2, 0) is 24.6 Å². The molecule has 0 radical (unpaired) electrons. The molecular weight excluding hydrogens is 743 g/mol. The highest BCUT2D eigenvalue weighted by molar-refractivity contribution is 7.52. The van der Waals surface area contributed by atoms with E-state index in [0.717, 1.165) is 28.8 Å². The minimum atomic E-state index is -5.84. The molecule has 0 saturated carbocycles. The Kier molecular flexibility index (Phi) is 10.6. The van der Waals surface area contributed by atoms with Crippen molar-refractivity contribution in [2.45, 2.75) is 55.9 Å². The number of hydrogen-bond donors (Lipinski definition) is 5. The minimum absolute atomic E-state index is 0.0754. The van der Waals surface area contributed by atoms with Crippen LogP contribution in [0.3, 0.4) is 0 Å². The molecule has 2 aliphatic heterocycles. The van der Waals surface area contributed by atoms with Crippen LogP contribution in [0.5, 0.6) is 0 Å². The topological polar surface area (TPSA) is 172 Å². The molecular formula is C41H40F2N5O7P. The third-order valence-corrected chi connectivity index (χ3v) is 11.6. The number of aromatic nitrogens is 1. The molecule has 2 aliphatic rings. The van der Waals surface area contributed by atoms with Gasteiger partial charge in [0.15, 0.2) is 0 Å². The zero-order valence-corrected chi connectivity index (χ0v) is 31.2. The lowest BCUT2D eigenvalue weighted by molar-refractivity contribution is -0.144. The SMILES string of the molecule is C[C@H](C(=O)N1CC[C@H]2CC[C@@H](C(=O)Nc3ccc(-c4ccccc4)cc3)N2C(=O)C(NC(=O)c2cc3cc(C(F)(F)P(=O)(O)O)ccc3[nH]2)C1)c1ccccc1. The third-order valence-electron chi connectivity index (χ3n) is 10.6. The first kappa shape index (κ1) is 38.6. The number of carbonyl (C=O) groups excluding carboxylic acids is 4. The molecule has 0 bridgehead atoms. The monoisotopic (exact) mass is 783 g/mol. The van der Waals surface area contributed by atoms with Gasteiger partial charge in [-0.25, -0.2) is 0 Å². The van der Waals surface area contributed by atoms with Gasteiger partial charge in [-0.2, -0.15) is 8.78 Å². The summed E-state index contributed by atoms with van der Waals surface area (Å²) in [7, 11) is -5.84. The molecule has 3 heterocycles. The van der Waals surface area contributed by atoms with E-state index >= 15 is 0 Å². The van der Waals surface area contributed by atoms with Crippen LogP contribution in [0.4, 0.5) is 14.5 Å². The van der Waals surface area contributed by atoms with E-state index in [1.165, 1.54) is 17.0 Å². The molecule has 4 amide bonds. The predicted octanol–water partition coefficient (Wildman–Crippen LogP) is 6.19. The maximum Gasteiger partial charge on any atom is 0.399 e. The zero-order valence-electron chi connectivity index (χ0n) is 30.3. The molecule has 15 heteroatoms. The number of carbonyl (C=O) groups is 4. The summed E-state index contributed by atoms with van der Waals surface area (Å²) in [6.45, 7) is 1.84. The first-order valence-electron chi connectivity index (χ1n) is 18.2. The van der Waals surface area contributed by atoms with Gasteiger partial charge in [-0.05, 0) is 73.2 Å². The number of H-pyrrole nitrogens is 1. The van der Waals surface area contributed by atoms with Crippen molar-refractivity contribution >= 4 is 47.8 Å². The fourth-order valence-electron chi connectivity index (χ4n) is 7.55. The van der Waals surface area contributed by atoms with Gasteiger partial charge >= 0.3 is 13.3 Å². The number of fused-ring (bicyclic) bond motifs is 2. The first-order chi connectivity index (χ1) is 26.7. The van der Waals surface area contributed by atoms with Gasteiger partial charge in [0.2, 0.25) is 17.7 Å². The van der Waals surface area contributed by atoms with Crippen LogP contribution in [0.1, 0.15) is 53.7 Å². The van der Waals surface area contributed by atoms with Gasteiger partial charge in [-0.1, -0.05) is 78.9 Å². The van der Waals surface area contributed by atoms with E-state index < -0.39 is 54.7 Å². The second kappa shape index (κ2) is 15.4. The molecule has 4 aromatic carbocycles. The molecule has 2 fully saturated rings. The number of nitrogens with one attached hydrogen (secondary N) is 3. The van der Waals surface area contributed by atoms with Gasteiger partial charge in [0.1, 0.15) is 17.8 Å². The number of anilines is 1. The van der Waals surface area contributed by atoms with Crippen LogP contribution in [0.2, 0.25) is 0 Å². The van der Waals surface area contributed by atoms with Crippen molar-refractivity contribution in [1.82, 2.24) is 20.1 Å². The Morgan fingerprint density at radius 3 is 2.21 bits per heavy atom. The summed E-state index contributed by atoms with van der Waals surface area (Å²) in [6.07, 6.45) is 1.28. The largest absolute Gasteiger partial charge is 0.399 e. The lowest BCUT2D eigenvalue weighted by Gasteiger charge is -2.39. The average molecular weight is 784 g/mol. The van der Waals surface area contributed by atoms with Crippen molar-refractivity contribution in [1.29, 1.82) is 0 Å². The Morgan fingerprint density at radius 1 is 0.875 bits per heavy atom. The Balaban J connectivity index is 1.15. The summed E-state index contributed by atoms with van der Waals surface area (Å²) in [4.78, 5) is 80.5. The van der Waals surface area contributed by atoms with E-state index in [1.807, 2.05) is 72.8 Å². The average Bonchev–Trinajstić information content (AvgIpc) is 3.82. The highest BCUT2D eigenvalue weighted by atomic mass is 31.2. The summed E-state index contributed by atoms with van der Waals surface area (Å²) in [5.41, 5.74) is -1.96. The lowest BCUT2D eigenvalue weighted by atomic mass is 9.98. The molecule has 7 rings (SSSR count). The lowest BCUT2D eigenvalue weighted by Crippen LogP contribution is -2.61. The Labute approximate surface area is 321 Å².